The van der Waals surface area contributed by atoms with E-state index >= 15 is 0 Å². The summed E-state index contributed by atoms with van der Waals surface area (Å²) in [5.74, 6) is 0.487. The second kappa shape index (κ2) is 5.49. The standard InChI is InChI=1S/C18H16N4O2/c1-11(22-10-19-14-5-3-4-6-16(14)22)18(23)21-13-7-8-15-17(9-13)24-12(2)20-15/h3-11H,1-2H3,(H,21,23). The maximum Gasteiger partial charge on any atom is 0.247 e. The van der Waals surface area contributed by atoms with E-state index in [9.17, 15) is 4.79 Å². The van der Waals surface area contributed by atoms with E-state index in [0.717, 1.165) is 16.6 Å². The largest absolute Gasteiger partial charge is 0.441 e. The topological polar surface area (TPSA) is 73.0 Å². The molecule has 0 bridgehead atoms. The van der Waals surface area contributed by atoms with Crippen LogP contribution in [0.1, 0.15) is 18.9 Å². The van der Waals surface area contributed by atoms with Crippen LogP contribution in [0.15, 0.2) is 53.2 Å². The molecule has 0 aliphatic heterocycles. The predicted octanol–water partition coefficient (Wildman–Crippen LogP) is 3.69. The van der Waals surface area contributed by atoms with Crippen LogP contribution in [-0.2, 0) is 4.79 Å². The van der Waals surface area contributed by atoms with Crippen LogP contribution in [0, 0.1) is 6.92 Å². The van der Waals surface area contributed by atoms with Gasteiger partial charge in [-0.2, -0.15) is 0 Å². The molecule has 1 atom stereocenters. The average molecular weight is 320 g/mol. The van der Waals surface area contributed by atoms with Gasteiger partial charge < -0.3 is 14.3 Å². The summed E-state index contributed by atoms with van der Waals surface area (Å²) in [4.78, 5) is 21.2. The Morgan fingerprint density at radius 3 is 2.92 bits per heavy atom. The van der Waals surface area contributed by atoms with Crippen LogP contribution in [0.25, 0.3) is 22.1 Å². The highest BCUT2D eigenvalue weighted by Gasteiger charge is 2.17. The van der Waals surface area contributed by atoms with Crippen LogP contribution < -0.4 is 5.32 Å². The van der Waals surface area contributed by atoms with Crippen molar-refractivity contribution in [2.45, 2.75) is 19.9 Å². The molecule has 0 saturated carbocycles. The van der Waals surface area contributed by atoms with Crippen LogP contribution in [0.3, 0.4) is 0 Å². The smallest absolute Gasteiger partial charge is 0.247 e. The molecular weight excluding hydrogens is 304 g/mol. The number of carbonyl (C=O) groups is 1. The zero-order valence-electron chi connectivity index (χ0n) is 13.4. The van der Waals surface area contributed by atoms with Gasteiger partial charge in [-0.05, 0) is 31.2 Å². The lowest BCUT2D eigenvalue weighted by molar-refractivity contribution is -0.118. The number of hydrogen-bond donors (Lipinski definition) is 1. The maximum atomic E-state index is 12.6. The van der Waals surface area contributed by atoms with Crippen molar-refractivity contribution >= 4 is 33.7 Å². The van der Waals surface area contributed by atoms with Gasteiger partial charge in [-0.25, -0.2) is 9.97 Å². The zero-order valence-corrected chi connectivity index (χ0v) is 13.4. The van der Waals surface area contributed by atoms with Gasteiger partial charge in [-0.3, -0.25) is 4.79 Å². The fourth-order valence-electron chi connectivity index (χ4n) is 2.78. The Balaban J connectivity index is 1.60. The Labute approximate surface area is 138 Å². The van der Waals surface area contributed by atoms with E-state index in [1.165, 1.54) is 0 Å². The minimum absolute atomic E-state index is 0.117. The highest BCUT2D eigenvalue weighted by atomic mass is 16.3. The highest BCUT2D eigenvalue weighted by Crippen LogP contribution is 2.22. The first-order valence-electron chi connectivity index (χ1n) is 7.71. The lowest BCUT2D eigenvalue weighted by Gasteiger charge is -2.14. The quantitative estimate of drug-likeness (QED) is 0.625. The fraction of sp³-hybridized carbons (Fsp3) is 0.167. The molecule has 6 nitrogen and oxygen atoms in total. The van der Waals surface area contributed by atoms with Gasteiger partial charge in [-0.1, -0.05) is 12.1 Å². The van der Waals surface area contributed by atoms with Crippen molar-refractivity contribution in [1.29, 1.82) is 0 Å². The molecule has 24 heavy (non-hydrogen) atoms. The molecule has 0 radical (unpaired) electrons. The molecule has 1 unspecified atom stereocenters. The number of benzene rings is 2. The number of para-hydroxylation sites is 2. The molecule has 2 aromatic heterocycles. The summed E-state index contributed by atoms with van der Waals surface area (Å²) in [5, 5.41) is 2.92. The number of nitrogens with zero attached hydrogens (tertiary/aromatic N) is 3. The predicted molar refractivity (Wildman–Crippen MR) is 91.8 cm³/mol. The molecule has 1 amide bonds. The second-order valence-electron chi connectivity index (χ2n) is 5.72. The lowest BCUT2D eigenvalue weighted by Crippen LogP contribution is -2.23. The van der Waals surface area contributed by atoms with Crippen molar-refractivity contribution in [3.63, 3.8) is 0 Å². The van der Waals surface area contributed by atoms with E-state index in [4.69, 9.17) is 4.42 Å². The number of amides is 1. The minimum Gasteiger partial charge on any atom is -0.441 e. The van der Waals surface area contributed by atoms with Crippen molar-refractivity contribution in [2.75, 3.05) is 5.32 Å². The van der Waals surface area contributed by atoms with Crippen molar-refractivity contribution < 1.29 is 9.21 Å². The molecule has 0 aliphatic carbocycles. The molecule has 2 heterocycles. The van der Waals surface area contributed by atoms with E-state index in [2.05, 4.69) is 15.3 Å². The Bertz CT molecular complexity index is 1050. The van der Waals surface area contributed by atoms with Gasteiger partial charge >= 0.3 is 0 Å². The minimum atomic E-state index is -0.385. The maximum absolute atomic E-state index is 12.6. The van der Waals surface area contributed by atoms with Gasteiger partial charge in [0.25, 0.3) is 0 Å². The molecule has 1 N–H and O–H groups in total. The first-order valence-corrected chi connectivity index (χ1v) is 7.71. The summed E-state index contributed by atoms with van der Waals surface area (Å²) in [5.41, 5.74) is 3.92. The van der Waals surface area contributed by atoms with Gasteiger partial charge in [0.15, 0.2) is 11.5 Å². The number of hydrogen-bond acceptors (Lipinski definition) is 4. The number of aryl methyl sites for hydroxylation is 1. The van der Waals surface area contributed by atoms with Crippen molar-refractivity contribution in [3.8, 4) is 0 Å². The van der Waals surface area contributed by atoms with Gasteiger partial charge in [-0.15, -0.1) is 0 Å². The van der Waals surface area contributed by atoms with E-state index in [1.54, 1.807) is 19.3 Å². The molecule has 2 aromatic carbocycles. The molecular formula is C18H16N4O2. The Morgan fingerprint density at radius 2 is 2.04 bits per heavy atom. The monoisotopic (exact) mass is 320 g/mol. The lowest BCUT2D eigenvalue weighted by atomic mass is 10.2. The van der Waals surface area contributed by atoms with E-state index < -0.39 is 0 Å². The summed E-state index contributed by atoms with van der Waals surface area (Å²) in [6, 6.07) is 12.8. The molecule has 4 rings (SSSR count). The molecule has 0 fully saturated rings. The SMILES string of the molecule is Cc1nc2ccc(NC(=O)C(C)n3cnc4ccccc43)cc2o1. The third kappa shape index (κ3) is 2.42. The Kier molecular flexibility index (Phi) is 3.30. The molecule has 120 valence electrons. The molecule has 4 aromatic rings. The first kappa shape index (κ1) is 14.4. The molecule has 0 spiro atoms. The summed E-state index contributed by atoms with van der Waals surface area (Å²) >= 11 is 0. The normalized spacial score (nSPS) is 12.6. The van der Waals surface area contributed by atoms with Crippen LogP contribution in [0.4, 0.5) is 5.69 Å². The van der Waals surface area contributed by atoms with Gasteiger partial charge in [0.1, 0.15) is 11.6 Å². The van der Waals surface area contributed by atoms with Crippen molar-refractivity contribution in [3.05, 3.63) is 54.7 Å². The van der Waals surface area contributed by atoms with Crippen LogP contribution >= 0.6 is 0 Å². The first-order chi connectivity index (χ1) is 11.6. The number of carbonyl (C=O) groups excluding carboxylic acids is 1. The number of rotatable bonds is 3. The summed E-state index contributed by atoms with van der Waals surface area (Å²) in [7, 11) is 0. The van der Waals surface area contributed by atoms with E-state index in [-0.39, 0.29) is 11.9 Å². The van der Waals surface area contributed by atoms with Crippen LogP contribution in [0.2, 0.25) is 0 Å². The Hall–Kier alpha value is -3.15. The second-order valence-corrected chi connectivity index (χ2v) is 5.72. The van der Waals surface area contributed by atoms with E-state index in [0.29, 0.717) is 17.2 Å². The Morgan fingerprint density at radius 1 is 1.21 bits per heavy atom. The number of anilines is 1. The average Bonchev–Trinajstić information content (AvgIpc) is 3.16. The van der Waals surface area contributed by atoms with Crippen molar-refractivity contribution in [2.24, 2.45) is 0 Å². The molecule has 0 aliphatic rings. The fourth-order valence-corrected chi connectivity index (χ4v) is 2.78. The third-order valence-corrected chi connectivity index (χ3v) is 4.04. The van der Waals surface area contributed by atoms with Gasteiger partial charge in [0.05, 0.1) is 17.4 Å². The summed E-state index contributed by atoms with van der Waals surface area (Å²) in [6.07, 6.45) is 1.69. The molecule has 6 heteroatoms. The van der Waals surface area contributed by atoms with Gasteiger partial charge in [0, 0.05) is 18.7 Å². The number of nitrogens with one attached hydrogen (secondary N) is 1. The number of aromatic nitrogens is 3. The zero-order chi connectivity index (χ0) is 16.7. The van der Waals surface area contributed by atoms with Crippen molar-refractivity contribution in [1.82, 2.24) is 14.5 Å². The van der Waals surface area contributed by atoms with Crippen LogP contribution in [0.5, 0.6) is 0 Å². The summed E-state index contributed by atoms with van der Waals surface area (Å²) in [6.45, 7) is 3.64. The number of imidazole rings is 1. The number of oxazole rings is 1. The third-order valence-electron chi connectivity index (χ3n) is 4.04. The number of fused-ring (bicyclic) bond motifs is 2. The molecule has 0 saturated heterocycles. The van der Waals surface area contributed by atoms with E-state index in [1.807, 2.05) is 47.9 Å². The summed E-state index contributed by atoms with van der Waals surface area (Å²) < 4.78 is 7.37. The van der Waals surface area contributed by atoms with Gasteiger partial charge in [0.2, 0.25) is 5.91 Å². The van der Waals surface area contributed by atoms with Crippen LogP contribution in [-0.4, -0.2) is 20.4 Å². The highest BCUT2D eigenvalue weighted by molar-refractivity contribution is 5.96.